The second-order valence-electron chi connectivity index (χ2n) is 6.72. The number of nitrogens with one attached hydrogen (secondary N) is 1. The fourth-order valence-corrected chi connectivity index (χ4v) is 3.43. The Labute approximate surface area is 150 Å². The van der Waals surface area contributed by atoms with E-state index in [4.69, 9.17) is 4.42 Å². The molecule has 1 aliphatic heterocycles. The molecule has 3 amide bonds. The molecule has 0 radical (unpaired) electrons. The summed E-state index contributed by atoms with van der Waals surface area (Å²) in [5.74, 6) is 0.724. The van der Waals surface area contributed by atoms with Crippen LogP contribution in [0, 0.1) is 13.8 Å². The molecule has 0 saturated carbocycles. The summed E-state index contributed by atoms with van der Waals surface area (Å²) in [5, 5.41) is 4.81. The van der Waals surface area contributed by atoms with Gasteiger partial charge in [0, 0.05) is 0 Å². The number of aromatic nitrogens is 1. The quantitative estimate of drug-likeness (QED) is 0.735. The van der Waals surface area contributed by atoms with Crippen LogP contribution in [0.2, 0.25) is 0 Å². The van der Waals surface area contributed by atoms with Crippen LogP contribution in [0.4, 0.5) is 4.79 Å². The molecule has 6 heteroatoms. The normalized spacial score (nSPS) is 20.0. The number of benzene rings is 2. The van der Waals surface area contributed by atoms with E-state index < -0.39 is 11.6 Å². The summed E-state index contributed by atoms with van der Waals surface area (Å²) in [6.45, 7) is 5.38. The number of hydrogen-bond donors (Lipinski definition) is 1. The van der Waals surface area contributed by atoms with Crippen LogP contribution in [0.25, 0.3) is 10.8 Å². The van der Waals surface area contributed by atoms with Crippen molar-refractivity contribution in [1.82, 2.24) is 15.2 Å². The first kappa shape index (κ1) is 16.3. The van der Waals surface area contributed by atoms with E-state index >= 15 is 0 Å². The zero-order valence-corrected chi connectivity index (χ0v) is 14.9. The molecule has 1 fully saturated rings. The highest BCUT2D eigenvalue weighted by Gasteiger charge is 2.50. The number of amides is 3. The van der Waals surface area contributed by atoms with Gasteiger partial charge in [0.2, 0.25) is 5.89 Å². The van der Waals surface area contributed by atoms with Crippen molar-refractivity contribution in [2.75, 3.05) is 0 Å². The Morgan fingerprint density at radius 2 is 1.85 bits per heavy atom. The van der Waals surface area contributed by atoms with E-state index in [1.165, 1.54) is 0 Å². The molecule has 1 aliphatic rings. The first-order chi connectivity index (χ1) is 12.4. The number of hydrogen-bond acceptors (Lipinski definition) is 4. The van der Waals surface area contributed by atoms with Crippen molar-refractivity contribution in [3.8, 4) is 0 Å². The molecule has 0 unspecified atom stereocenters. The van der Waals surface area contributed by atoms with Gasteiger partial charge >= 0.3 is 6.03 Å². The van der Waals surface area contributed by atoms with Gasteiger partial charge in [-0.05, 0) is 37.1 Å². The molecule has 1 aromatic heterocycles. The highest BCUT2D eigenvalue weighted by atomic mass is 16.4. The summed E-state index contributed by atoms with van der Waals surface area (Å²) in [5.41, 5.74) is 0.398. The number of urea groups is 1. The van der Waals surface area contributed by atoms with Crippen molar-refractivity contribution in [2.45, 2.75) is 32.9 Å². The number of carbonyl (C=O) groups excluding carboxylic acids is 2. The predicted octanol–water partition coefficient (Wildman–Crippen LogP) is 3.41. The van der Waals surface area contributed by atoms with Crippen LogP contribution in [-0.2, 0) is 16.9 Å². The maximum Gasteiger partial charge on any atom is 0.325 e. The monoisotopic (exact) mass is 349 g/mol. The third-order valence-electron chi connectivity index (χ3n) is 4.97. The summed E-state index contributed by atoms with van der Waals surface area (Å²) in [6.07, 6.45) is 0. The molecule has 1 N–H and O–H groups in total. The van der Waals surface area contributed by atoms with Gasteiger partial charge in [0.15, 0.2) is 0 Å². The summed E-state index contributed by atoms with van der Waals surface area (Å²) in [6, 6.07) is 13.1. The molecule has 0 spiro atoms. The summed E-state index contributed by atoms with van der Waals surface area (Å²) in [7, 11) is 0. The van der Waals surface area contributed by atoms with Crippen molar-refractivity contribution in [1.29, 1.82) is 0 Å². The molecular weight excluding hydrogens is 330 g/mol. The number of carbonyl (C=O) groups is 2. The van der Waals surface area contributed by atoms with Gasteiger partial charge in [-0.3, -0.25) is 9.69 Å². The smallest absolute Gasteiger partial charge is 0.325 e. The van der Waals surface area contributed by atoms with Crippen LogP contribution in [0.1, 0.15) is 29.8 Å². The fraction of sp³-hybridized carbons (Fsp3) is 0.250. The topological polar surface area (TPSA) is 75.4 Å². The van der Waals surface area contributed by atoms with Crippen molar-refractivity contribution in [3.05, 3.63) is 65.4 Å². The zero-order valence-electron chi connectivity index (χ0n) is 14.9. The minimum atomic E-state index is -1.13. The molecule has 0 bridgehead atoms. The van der Waals surface area contributed by atoms with Crippen LogP contribution in [-0.4, -0.2) is 21.8 Å². The lowest BCUT2D eigenvalue weighted by molar-refractivity contribution is -0.131. The average molecular weight is 349 g/mol. The molecule has 26 heavy (non-hydrogen) atoms. The van der Waals surface area contributed by atoms with Gasteiger partial charge in [-0.15, -0.1) is 0 Å². The largest absolute Gasteiger partial charge is 0.444 e. The Balaban J connectivity index is 1.73. The number of imide groups is 1. The third kappa shape index (κ3) is 2.37. The lowest BCUT2D eigenvalue weighted by atomic mass is 9.88. The van der Waals surface area contributed by atoms with E-state index in [1.807, 2.05) is 49.4 Å². The summed E-state index contributed by atoms with van der Waals surface area (Å²) < 4.78 is 5.53. The van der Waals surface area contributed by atoms with Gasteiger partial charge in [-0.1, -0.05) is 42.5 Å². The zero-order chi connectivity index (χ0) is 18.5. The van der Waals surface area contributed by atoms with E-state index in [2.05, 4.69) is 10.3 Å². The first-order valence-electron chi connectivity index (χ1n) is 8.45. The maximum atomic E-state index is 13.2. The SMILES string of the molecule is Cc1nc(CN2C(=O)N[C@@](C)(c3cccc4ccccc34)C2=O)oc1C. The molecule has 2 heterocycles. The van der Waals surface area contributed by atoms with E-state index in [-0.39, 0.29) is 12.5 Å². The second kappa shape index (κ2) is 5.69. The number of aryl methyl sites for hydroxylation is 2. The highest BCUT2D eigenvalue weighted by Crippen LogP contribution is 2.34. The molecule has 3 aromatic rings. The standard InChI is InChI=1S/C20H19N3O3/c1-12-13(2)26-17(21-12)11-23-18(24)20(3,22-19(23)25)16-10-6-8-14-7-4-5-9-15(14)16/h4-10H,11H2,1-3H3,(H,22,25)/t20-/m0/s1. The van der Waals surface area contributed by atoms with Gasteiger partial charge in [0.05, 0.1) is 5.69 Å². The highest BCUT2D eigenvalue weighted by molar-refractivity contribution is 6.09. The van der Waals surface area contributed by atoms with Crippen molar-refractivity contribution < 1.29 is 14.0 Å². The summed E-state index contributed by atoms with van der Waals surface area (Å²) in [4.78, 5) is 31.1. The number of rotatable bonds is 3. The first-order valence-corrected chi connectivity index (χ1v) is 8.45. The van der Waals surface area contributed by atoms with Gasteiger partial charge in [-0.25, -0.2) is 9.78 Å². The predicted molar refractivity (Wildman–Crippen MR) is 96.4 cm³/mol. The summed E-state index contributed by atoms with van der Waals surface area (Å²) >= 11 is 0. The van der Waals surface area contributed by atoms with Crippen LogP contribution < -0.4 is 5.32 Å². The molecule has 1 saturated heterocycles. The molecule has 1 atom stereocenters. The third-order valence-corrected chi connectivity index (χ3v) is 4.97. The second-order valence-corrected chi connectivity index (χ2v) is 6.72. The molecular formula is C20H19N3O3. The maximum absolute atomic E-state index is 13.2. The lowest BCUT2D eigenvalue weighted by Gasteiger charge is -2.23. The van der Waals surface area contributed by atoms with Crippen LogP contribution in [0.15, 0.2) is 46.9 Å². The van der Waals surface area contributed by atoms with Crippen LogP contribution in [0.3, 0.4) is 0 Å². The van der Waals surface area contributed by atoms with Gasteiger partial charge in [-0.2, -0.15) is 0 Å². The molecule has 0 aliphatic carbocycles. The van der Waals surface area contributed by atoms with E-state index in [0.29, 0.717) is 11.7 Å². The fourth-order valence-electron chi connectivity index (χ4n) is 3.43. The van der Waals surface area contributed by atoms with Gasteiger partial charge < -0.3 is 9.73 Å². The Kier molecular flexibility index (Phi) is 3.57. The van der Waals surface area contributed by atoms with E-state index in [1.54, 1.807) is 13.8 Å². The molecule has 132 valence electrons. The van der Waals surface area contributed by atoms with E-state index in [0.717, 1.165) is 26.9 Å². The van der Waals surface area contributed by atoms with Crippen LogP contribution in [0.5, 0.6) is 0 Å². The Morgan fingerprint density at radius 1 is 1.12 bits per heavy atom. The average Bonchev–Trinajstić information content (AvgIpc) is 3.06. The molecule has 6 nitrogen and oxygen atoms in total. The van der Waals surface area contributed by atoms with Crippen LogP contribution >= 0.6 is 0 Å². The van der Waals surface area contributed by atoms with Gasteiger partial charge in [0.1, 0.15) is 17.8 Å². The Morgan fingerprint density at radius 3 is 2.58 bits per heavy atom. The number of fused-ring (bicyclic) bond motifs is 1. The van der Waals surface area contributed by atoms with Gasteiger partial charge in [0.25, 0.3) is 5.91 Å². The lowest BCUT2D eigenvalue weighted by Crippen LogP contribution is -2.41. The minimum Gasteiger partial charge on any atom is -0.444 e. The molecule has 2 aromatic carbocycles. The van der Waals surface area contributed by atoms with Crippen molar-refractivity contribution >= 4 is 22.7 Å². The molecule has 4 rings (SSSR count). The Hall–Kier alpha value is -3.15. The van der Waals surface area contributed by atoms with Crippen molar-refractivity contribution in [3.63, 3.8) is 0 Å². The van der Waals surface area contributed by atoms with Crippen molar-refractivity contribution in [2.24, 2.45) is 0 Å². The Bertz CT molecular complexity index is 1010. The van der Waals surface area contributed by atoms with E-state index in [9.17, 15) is 9.59 Å². The number of nitrogens with zero attached hydrogens (tertiary/aromatic N) is 2. The number of oxazole rings is 1. The minimum absolute atomic E-state index is 0.0136.